The van der Waals surface area contributed by atoms with Crippen molar-refractivity contribution in [3.63, 3.8) is 0 Å². The van der Waals surface area contributed by atoms with Crippen LogP contribution in [-0.4, -0.2) is 23.9 Å². The molecule has 0 fully saturated rings. The van der Waals surface area contributed by atoms with E-state index in [0.29, 0.717) is 0 Å². The van der Waals surface area contributed by atoms with E-state index >= 15 is 0 Å². The molecule has 0 aliphatic rings. The van der Waals surface area contributed by atoms with Crippen LogP contribution in [-0.2, 0) is 58.5 Å². The molecule has 0 amide bonds. The SMILES string of the molecule is [Cu+2].[O-2].[O-2].[O-2].[O-2].[Sn+4].[Zn+2]. The van der Waals surface area contributed by atoms with Gasteiger partial charge in [-0.2, -0.15) is 0 Å². The molecule has 7 heavy (non-hydrogen) atoms. The van der Waals surface area contributed by atoms with Crippen LogP contribution < -0.4 is 0 Å². The molecule has 0 heterocycles. The van der Waals surface area contributed by atoms with E-state index in [0.717, 1.165) is 0 Å². The molecule has 0 aromatic rings. The normalized spacial score (nSPS) is 0. The van der Waals surface area contributed by atoms with Crippen LogP contribution in [0.3, 0.4) is 0 Å². The van der Waals surface area contributed by atoms with Gasteiger partial charge < -0.3 is 21.9 Å². The molecule has 1 radical (unpaired) electrons. The third kappa shape index (κ3) is 82.0. The van der Waals surface area contributed by atoms with E-state index in [4.69, 9.17) is 0 Å². The van der Waals surface area contributed by atoms with Crippen molar-refractivity contribution in [1.82, 2.24) is 0 Å². The van der Waals surface area contributed by atoms with Crippen LogP contribution in [0.1, 0.15) is 0 Å². The average molecular weight is 312 g/mol. The number of hydrogen-bond donors (Lipinski definition) is 0. The fraction of sp³-hybridized carbons (Fsp3) is 0. The van der Waals surface area contributed by atoms with E-state index in [1.807, 2.05) is 0 Å². The summed E-state index contributed by atoms with van der Waals surface area (Å²) < 4.78 is 0. The van der Waals surface area contributed by atoms with Crippen molar-refractivity contribution in [2.24, 2.45) is 0 Å². The average Bonchev–Trinajstić information content (AvgIpc) is 0. The summed E-state index contributed by atoms with van der Waals surface area (Å²) in [6.07, 6.45) is 0. The molecule has 0 spiro atoms. The molecular formula is CuO4SnZn. The van der Waals surface area contributed by atoms with Crippen LogP contribution in [0, 0.1) is 0 Å². The van der Waals surface area contributed by atoms with Gasteiger partial charge in [-0.15, -0.1) is 0 Å². The van der Waals surface area contributed by atoms with Gasteiger partial charge >= 0.3 is 60.5 Å². The van der Waals surface area contributed by atoms with Gasteiger partial charge in [0.15, 0.2) is 0 Å². The fourth-order valence-corrected chi connectivity index (χ4v) is 0. The second kappa shape index (κ2) is 113. The van der Waals surface area contributed by atoms with Crippen LogP contribution in [0.2, 0.25) is 0 Å². The van der Waals surface area contributed by atoms with Crippen molar-refractivity contribution in [3.8, 4) is 0 Å². The molecule has 0 bridgehead atoms. The molecule has 0 saturated carbocycles. The van der Waals surface area contributed by atoms with Crippen molar-refractivity contribution in [2.75, 3.05) is 0 Å². The Bertz CT molecular complexity index is 11.7. The Hall–Kier alpha value is 1.78. The largest absolute Gasteiger partial charge is 4.00 e. The van der Waals surface area contributed by atoms with E-state index in [1.165, 1.54) is 0 Å². The number of hydrogen-bond acceptors (Lipinski definition) is 0. The predicted molar refractivity (Wildman–Crippen MR) is 8.50 cm³/mol. The van der Waals surface area contributed by atoms with Gasteiger partial charge in [-0.05, 0) is 0 Å². The van der Waals surface area contributed by atoms with Crippen LogP contribution in [0.5, 0.6) is 0 Å². The summed E-state index contributed by atoms with van der Waals surface area (Å²) in [6, 6.07) is 0. The smallest absolute Gasteiger partial charge is 2.00 e. The Morgan fingerprint density at radius 2 is 0.571 bits per heavy atom. The van der Waals surface area contributed by atoms with Gasteiger partial charge in [0, 0.05) is 0 Å². The van der Waals surface area contributed by atoms with Crippen molar-refractivity contribution >= 4 is 23.9 Å². The van der Waals surface area contributed by atoms with Crippen LogP contribution in [0.25, 0.3) is 0 Å². The Morgan fingerprint density at radius 3 is 0.571 bits per heavy atom. The van der Waals surface area contributed by atoms with E-state index in [2.05, 4.69) is 0 Å². The number of rotatable bonds is 0. The summed E-state index contributed by atoms with van der Waals surface area (Å²) in [4.78, 5) is 0. The van der Waals surface area contributed by atoms with Crippen molar-refractivity contribution < 1.29 is 58.5 Å². The zero-order valence-electron chi connectivity index (χ0n) is 3.14. The maximum atomic E-state index is 0. The first-order valence-electron chi connectivity index (χ1n) is 0. The molecule has 7 heteroatoms. The molecular weight excluding hydrogens is 312 g/mol. The summed E-state index contributed by atoms with van der Waals surface area (Å²) in [6.45, 7) is 0. The quantitative estimate of drug-likeness (QED) is 0.518. The van der Waals surface area contributed by atoms with E-state index < -0.39 is 0 Å². The predicted octanol–water partition coefficient (Wildman–Crippen LogP) is -0.861. The van der Waals surface area contributed by atoms with Gasteiger partial charge in [0.1, 0.15) is 0 Å². The molecule has 0 saturated heterocycles. The monoisotopic (exact) mass is 311 g/mol. The van der Waals surface area contributed by atoms with Gasteiger partial charge in [0.25, 0.3) is 0 Å². The molecule has 41 valence electrons. The first-order chi connectivity index (χ1) is 0. The van der Waals surface area contributed by atoms with Gasteiger partial charge in [0.05, 0.1) is 0 Å². The zero-order chi connectivity index (χ0) is 0. The maximum Gasteiger partial charge on any atom is 4.00 e. The van der Waals surface area contributed by atoms with Crippen molar-refractivity contribution in [1.29, 1.82) is 0 Å². The third-order valence-electron chi connectivity index (χ3n) is 0. The van der Waals surface area contributed by atoms with Crippen LogP contribution in [0.4, 0.5) is 0 Å². The van der Waals surface area contributed by atoms with Crippen LogP contribution in [0.15, 0.2) is 0 Å². The Kier molecular flexibility index (Phi) is 2700. The molecule has 0 aromatic heterocycles. The second-order valence-corrected chi connectivity index (χ2v) is 0. The van der Waals surface area contributed by atoms with E-state index in [9.17, 15) is 0 Å². The molecule has 0 aliphatic carbocycles. The second-order valence-electron chi connectivity index (χ2n) is 0. The zero-order valence-corrected chi connectivity index (χ0v) is 9.90. The van der Waals surface area contributed by atoms with Gasteiger partial charge in [-0.3, -0.25) is 0 Å². The van der Waals surface area contributed by atoms with Crippen molar-refractivity contribution in [2.45, 2.75) is 0 Å². The van der Waals surface area contributed by atoms with Gasteiger partial charge in [0.2, 0.25) is 0 Å². The summed E-state index contributed by atoms with van der Waals surface area (Å²) in [5, 5.41) is 0. The van der Waals surface area contributed by atoms with E-state index in [-0.39, 0.29) is 82.4 Å². The summed E-state index contributed by atoms with van der Waals surface area (Å²) in [5.41, 5.74) is 0. The molecule has 0 atom stereocenters. The molecule has 0 aliphatic heterocycles. The minimum atomic E-state index is 0. The standard InChI is InChI=1S/Cu.4O.Sn.Zn/q+2;4*-2;+4;+2. The minimum absolute atomic E-state index is 0. The maximum absolute atomic E-state index is 0. The summed E-state index contributed by atoms with van der Waals surface area (Å²) in [5.74, 6) is 0. The molecule has 0 unspecified atom stereocenters. The first kappa shape index (κ1) is 168. The van der Waals surface area contributed by atoms with Gasteiger partial charge in [-0.25, -0.2) is 0 Å². The first-order valence-corrected chi connectivity index (χ1v) is 0. The van der Waals surface area contributed by atoms with Crippen molar-refractivity contribution in [3.05, 3.63) is 0 Å². The Balaban J connectivity index is 0. The molecule has 0 N–H and O–H groups in total. The topological polar surface area (TPSA) is 114 Å². The molecule has 0 rings (SSSR count). The third-order valence-corrected chi connectivity index (χ3v) is 0. The molecule has 4 nitrogen and oxygen atoms in total. The summed E-state index contributed by atoms with van der Waals surface area (Å²) in [7, 11) is 0. The Morgan fingerprint density at radius 1 is 0.571 bits per heavy atom. The molecule has 0 aromatic carbocycles. The fourth-order valence-electron chi connectivity index (χ4n) is 0. The van der Waals surface area contributed by atoms with Gasteiger partial charge in [-0.1, -0.05) is 0 Å². The minimum Gasteiger partial charge on any atom is -2.00 e. The van der Waals surface area contributed by atoms with Crippen LogP contribution >= 0.6 is 0 Å². The van der Waals surface area contributed by atoms with E-state index in [1.54, 1.807) is 0 Å². The summed E-state index contributed by atoms with van der Waals surface area (Å²) >= 11 is 0. The Labute approximate surface area is 81.8 Å².